The maximum atomic E-state index is 14.9. The Kier molecular flexibility index (Phi) is 6.01. The number of aromatic nitrogens is 2. The molecule has 2 aromatic carbocycles. The summed E-state index contributed by atoms with van der Waals surface area (Å²) < 4.78 is 22.1. The zero-order valence-corrected chi connectivity index (χ0v) is 17.4. The molecule has 1 aliphatic rings. The van der Waals surface area contributed by atoms with Crippen LogP contribution in [0.5, 0.6) is 0 Å². The van der Waals surface area contributed by atoms with Crippen LogP contribution in [0.25, 0.3) is 5.69 Å². The molecule has 4 N–H and O–H groups in total. The van der Waals surface area contributed by atoms with E-state index in [4.69, 9.17) is 16.3 Å². The van der Waals surface area contributed by atoms with Crippen molar-refractivity contribution >= 4 is 11.6 Å². The highest BCUT2D eigenvalue weighted by Crippen LogP contribution is 2.27. The molecule has 162 valence electrons. The zero-order chi connectivity index (χ0) is 22.0. The third-order valence-electron chi connectivity index (χ3n) is 5.75. The zero-order valence-electron chi connectivity index (χ0n) is 17.4. The van der Waals surface area contributed by atoms with Crippen LogP contribution >= 0.6 is 0 Å². The number of hydrogen-bond donors (Lipinski definition) is 2. The number of carbonyl (C=O) groups excluding carboxylic acids is 1. The summed E-state index contributed by atoms with van der Waals surface area (Å²) in [6, 6.07) is 11.1. The van der Waals surface area contributed by atoms with Crippen molar-refractivity contribution in [1.29, 1.82) is 0 Å². The topological polar surface area (TPSA) is 99.4 Å². The second-order valence-electron chi connectivity index (χ2n) is 7.81. The van der Waals surface area contributed by atoms with Gasteiger partial charge >= 0.3 is 0 Å². The fourth-order valence-corrected chi connectivity index (χ4v) is 3.84. The average molecular weight is 423 g/mol. The van der Waals surface area contributed by atoms with Gasteiger partial charge in [-0.05, 0) is 67.1 Å². The summed E-state index contributed by atoms with van der Waals surface area (Å²) >= 11 is 0. The molecule has 0 radical (unpaired) electrons. The van der Waals surface area contributed by atoms with Crippen molar-refractivity contribution in [3.63, 3.8) is 0 Å². The van der Waals surface area contributed by atoms with E-state index < -0.39 is 11.7 Å². The van der Waals surface area contributed by atoms with Crippen molar-refractivity contribution in [2.24, 2.45) is 5.84 Å². The van der Waals surface area contributed by atoms with Crippen LogP contribution in [0.15, 0.2) is 48.8 Å². The van der Waals surface area contributed by atoms with Crippen molar-refractivity contribution in [2.45, 2.75) is 32.2 Å². The van der Waals surface area contributed by atoms with Crippen LogP contribution in [0.1, 0.15) is 39.9 Å². The van der Waals surface area contributed by atoms with E-state index in [-0.39, 0.29) is 17.3 Å². The van der Waals surface area contributed by atoms with Gasteiger partial charge in [0, 0.05) is 19.0 Å². The maximum absolute atomic E-state index is 14.9. The fourth-order valence-electron chi connectivity index (χ4n) is 3.84. The van der Waals surface area contributed by atoms with Crippen molar-refractivity contribution in [3.8, 4) is 5.69 Å². The Morgan fingerprint density at radius 1 is 1.35 bits per heavy atom. The molecule has 0 saturated carbocycles. The number of rotatable bonds is 5. The minimum Gasteiger partial charge on any atom is -0.396 e. The maximum Gasteiger partial charge on any atom is 0.270 e. The summed E-state index contributed by atoms with van der Waals surface area (Å²) in [6.07, 6.45) is 5.60. The van der Waals surface area contributed by atoms with E-state index in [9.17, 15) is 9.18 Å². The van der Waals surface area contributed by atoms with Crippen molar-refractivity contribution in [3.05, 3.63) is 76.9 Å². The van der Waals surface area contributed by atoms with Crippen LogP contribution in [-0.4, -0.2) is 40.0 Å². The molecule has 1 fully saturated rings. The van der Waals surface area contributed by atoms with Gasteiger partial charge in [0.25, 0.3) is 5.91 Å². The van der Waals surface area contributed by atoms with Gasteiger partial charge in [-0.2, -0.15) is 5.10 Å². The molecular formula is C23H26FN5O2. The lowest BCUT2D eigenvalue weighted by Crippen LogP contribution is -2.49. The largest absolute Gasteiger partial charge is 0.396 e. The average Bonchev–Trinajstić information content (AvgIpc) is 3.34. The second kappa shape index (κ2) is 8.87. The van der Waals surface area contributed by atoms with E-state index in [1.165, 1.54) is 0 Å². The van der Waals surface area contributed by atoms with Crippen molar-refractivity contribution in [2.75, 3.05) is 18.9 Å². The number of nitrogens with zero attached hydrogens (tertiary/aromatic N) is 3. The Labute approximate surface area is 180 Å². The fraction of sp³-hybridized carbons (Fsp3) is 0.304. The number of anilines is 1. The summed E-state index contributed by atoms with van der Waals surface area (Å²) in [5, 5.41) is 5.34. The van der Waals surface area contributed by atoms with Gasteiger partial charge in [0.05, 0.1) is 29.6 Å². The summed E-state index contributed by atoms with van der Waals surface area (Å²) in [4.78, 5) is 13.0. The van der Waals surface area contributed by atoms with Gasteiger partial charge in [-0.3, -0.25) is 9.80 Å². The number of nitrogens with two attached hydrogens (primary N) is 2. The third-order valence-corrected chi connectivity index (χ3v) is 5.75. The third kappa shape index (κ3) is 4.30. The lowest BCUT2D eigenvalue weighted by atomic mass is 9.95. The van der Waals surface area contributed by atoms with Gasteiger partial charge in [-0.1, -0.05) is 12.1 Å². The van der Waals surface area contributed by atoms with E-state index in [2.05, 4.69) is 5.10 Å². The highest BCUT2D eigenvalue weighted by molar-refractivity contribution is 5.99. The number of amides is 1. The summed E-state index contributed by atoms with van der Waals surface area (Å²) in [7, 11) is 0. The molecule has 0 spiro atoms. The lowest BCUT2D eigenvalue weighted by molar-refractivity contribution is 0.0166. The Balaban J connectivity index is 1.59. The molecule has 7 nitrogen and oxygen atoms in total. The van der Waals surface area contributed by atoms with Crippen LogP contribution < -0.4 is 11.6 Å². The molecule has 1 aromatic heterocycles. The normalized spacial score (nSPS) is 16.3. The van der Waals surface area contributed by atoms with Crippen LogP contribution in [-0.2, 0) is 11.2 Å². The first-order chi connectivity index (χ1) is 15.0. The number of nitrogen functional groups attached to an aromatic ring is 1. The standard InChI is InChI=1S/C23H26FN5O2/c1-15-17(12-16-5-7-18(8-6-16)28-10-3-9-27-28)13-20(22(25)21(15)24)23(30)29(26)19-4-2-11-31-14-19/h3,5-10,13,19H,2,4,11-12,14,25-26H2,1H3. The second-order valence-corrected chi connectivity index (χ2v) is 7.81. The predicted molar refractivity (Wildman–Crippen MR) is 116 cm³/mol. The summed E-state index contributed by atoms with van der Waals surface area (Å²) in [6.45, 7) is 2.69. The number of carbonyl (C=O) groups is 1. The molecule has 1 atom stereocenters. The monoisotopic (exact) mass is 423 g/mol. The molecule has 1 aliphatic heterocycles. The quantitative estimate of drug-likeness (QED) is 0.284. The Hall–Kier alpha value is -3.23. The predicted octanol–water partition coefficient (Wildman–Crippen LogP) is 2.99. The number of benzene rings is 2. The van der Waals surface area contributed by atoms with Gasteiger partial charge in [0.1, 0.15) is 5.82 Å². The molecule has 8 heteroatoms. The molecule has 0 bridgehead atoms. The minimum absolute atomic E-state index is 0.0827. The number of halogens is 1. The molecule has 1 amide bonds. The van der Waals surface area contributed by atoms with Crippen molar-refractivity contribution in [1.82, 2.24) is 14.8 Å². The number of hydrazine groups is 1. The van der Waals surface area contributed by atoms with Crippen LogP contribution in [0.2, 0.25) is 0 Å². The van der Waals surface area contributed by atoms with Gasteiger partial charge in [0.15, 0.2) is 0 Å². The van der Waals surface area contributed by atoms with Crippen molar-refractivity contribution < 1.29 is 13.9 Å². The highest BCUT2D eigenvalue weighted by atomic mass is 19.1. The minimum atomic E-state index is -0.581. The SMILES string of the molecule is Cc1c(Cc2ccc(-n3cccn3)cc2)cc(C(=O)N(N)C2CCCOC2)c(N)c1F. The lowest BCUT2D eigenvalue weighted by Gasteiger charge is -2.31. The first-order valence-corrected chi connectivity index (χ1v) is 10.3. The summed E-state index contributed by atoms with van der Waals surface area (Å²) in [5.41, 5.74) is 8.90. The number of ether oxygens (including phenoxy) is 1. The van der Waals surface area contributed by atoms with Crippen LogP contribution in [0, 0.1) is 12.7 Å². The van der Waals surface area contributed by atoms with Gasteiger partial charge in [-0.25, -0.2) is 14.9 Å². The molecule has 31 heavy (non-hydrogen) atoms. The molecule has 0 aliphatic carbocycles. The molecular weight excluding hydrogens is 397 g/mol. The van der Waals surface area contributed by atoms with Gasteiger partial charge in [-0.15, -0.1) is 0 Å². The molecule has 3 aromatic rings. The van der Waals surface area contributed by atoms with Gasteiger partial charge < -0.3 is 10.5 Å². The highest BCUT2D eigenvalue weighted by Gasteiger charge is 2.27. The van der Waals surface area contributed by atoms with E-state index >= 15 is 0 Å². The first-order valence-electron chi connectivity index (χ1n) is 10.3. The molecule has 4 rings (SSSR count). The molecule has 1 saturated heterocycles. The van der Waals surface area contributed by atoms with Crippen LogP contribution in [0.4, 0.5) is 10.1 Å². The molecule has 1 unspecified atom stereocenters. The number of hydrogen-bond acceptors (Lipinski definition) is 5. The van der Waals surface area contributed by atoms with E-state index in [1.807, 2.05) is 36.5 Å². The Bertz CT molecular complexity index is 1060. The van der Waals surface area contributed by atoms with Crippen LogP contribution in [0.3, 0.4) is 0 Å². The van der Waals surface area contributed by atoms with E-state index in [0.29, 0.717) is 30.8 Å². The molecule has 2 heterocycles. The Morgan fingerprint density at radius 2 is 2.13 bits per heavy atom. The van der Waals surface area contributed by atoms with E-state index in [0.717, 1.165) is 29.1 Å². The smallest absolute Gasteiger partial charge is 0.270 e. The first kappa shape index (κ1) is 21.0. The van der Waals surface area contributed by atoms with E-state index in [1.54, 1.807) is 23.9 Å². The van der Waals surface area contributed by atoms with Gasteiger partial charge in [0.2, 0.25) is 0 Å². The Morgan fingerprint density at radius 3 is 2.77 bits per heavy atom. The summed E-state index contributed by atoms with van der Waals surface area (Å²) in [5.74, 6) is 4.99.